The molecule has 0 aromatic heterocycles. The number of halogens is 1. The Balaban J connectivity index is 1.80. The summed E-state index contributed by atoms with van der Waals surface area (Å²) < 4.78 is 5.34. The molecule has 1 aromatic carbocycles. The van der Waals surface area contributed by atoms with Gasteiger partial charge < -0.3 is 10.1 Å². The van der Waals surface area contributed by atoms with E-state index in [1.807, 2.05) is 6.07 Å². The smallest absolute Gasteiger partial charge is 0.0992 e. The van der Waals surface area contributed by atoms with Crippen molar-refractivity contribution in [2.24, 2.45) is 0 Å². The normalized spacial score (nSPS) is 17.6. The molecule has 1 unspecified atom stereocenters. The van der Waals surface area contributed by atoms with E-state index in [1.54, 1.807) is 12.1 Å². The Morgan fingerprint density at radius 3 is 2.85 bits per heavy atom. The number of ether oxygens (including phenoxy) is 1. The molecule has 1 aliphatic heterocycles. The van der Waals surface area contributed by atoms with Crippen LogP contribution in [0.25, 0.3) is 0 Å². The molecule has 4 nitrogen and oxygen atoms in total. The van der Waals surface area contributed by atoms with Crippen molar-refractivity contribution in [2.45, 2.75) is 19.5 Å². The van der Waals surface area contributed by atoms with Crippen LogP contribution in [0.3, 0.4) is 0 Å². The standard InChI is InChI=1S/C15H20ClN3O/c1-12(11-19-4-6-20-7-5-19)18-10-14-3-2-13(9-17)8-15(14)16/h2-3,8,12,18H,4-7,10-11H2,1H3. The van der Waals surface area contributed by atoms with E-state index in [9.17, 15) is 0 Å². The first-order valence-corrected chi connectivity index (χ1v) is 7.29. The third-order valence-corrected chi connectivity index (χ3v) is 3.81. The van der Waals surface area contributed by atoms with Crippen molar-refractivity contribution in [3.05, 3.63) is 34.3 Å². The van der Waals surface area contributed by atoms with Crippen LogP contribution in [0.2, 0.25) is 5.02 Å². The van der Waals surface area contributed by atoms with Gasteiger partial charge in [-0.3, -0.25) is 4.90 Å². The van der Waals surface area contributed by atoms with E-state index in [4.69, 9.17) is 21.6 Å². The van der Waals surface area contributed by atoms with E-state index >= 15 is 0 Å². The molecule has 20 heavy (non-hydrogen) atoms. The summed E-state index contributed by atoms with van der Waals surface area (Å²) in [6.45, 7) is 7.57. The predicted octanol–water partition coefficient (Wildman–Crippen LogP) is 2.02. The molecule has 5 heteroatoms. The largest absolute Gasteiger partial charge is 0.379 e. The first kappa shape index (κ1) is 15.3. The molecule has 1 saturated heterocycles. The van der Waals surface area contributed by atoms with E-state index in [0.717, 1.165) is 45.0 Å². The second-order valence-corrected chi connectivity index (χ2v) is 5.52. The van der Waals surface area contributed by atoms with Crippen LogP contribution in [-0.2, 0) is 11.3 Å². The lowest BCUT2D eigenvalue weighted by atomic mass is 10.1. The number of nitrogens with zero attached hydrogens (tertiary/aromatic N) is 2. The molecule has 108 valence electrons. The summed E-state index contributed by atoms with van der Waals surface area (Å²) >= 11 is 6.17. The number of hydrogen-bond acceptors (Lipinski definition) is 4. The maximum atomic E-state index is 8.81. The molecule has 1 atom stereocenters. The van der Waals surface area contributed by atoms with Gasteiger partial charge in [-0.15, -0.1) is 0 Å². The van der Waals surface area contributed by atoms with E-state index in [1.165, 1.54) is 0 Å². The highest BCUT2D eigenvalue weighted by Crippen LogP contribution is 2.17. The Hall–Kier alpha value is -1.12. The van der Waals surface area contributed by atoms with Gasteiger partial charge in [-0.2, -0.15) is 5.26 Å². The molecule has 0 aliphatic carbocycles. The van der Waals surface area contributed by atoms with Gasteiger partial charge in [0, 0.05) is 37.2 Å². The second kappa shape index (κ2) is 7.61. The van der Waals surface area contributed by atoms with Crippen molar-refractivity contribution < 1.29 is 4.74 Å². The molecule has 0 bridgehead atoms. The highest BCUT2D eigenvalue weighted by atomic mass is 35.5. The summed E-state index contributed by atoms with van der Waals surface area (Å²) in [6.07, 6.45) is 0. The van der Waals surface area contributed by atoms with Crippen LogP contribution >= 0.6 is 11.6 Å². The molecular formula is C15H20ClN3O. The Morgan fingerprint density at radius 2 is 2.20 bits per heavy atom. The monoisotopic (exact) mass is 293 g/mol. The Kier molecular flexibility index (Phi) is 5.81. The third kappa shape index (κ3) is 4.46. The zero-order valence-electron chi connectivity index (χ0n) is 11.7. The minimum absolute atomic E-state index is 0.389. The van der Waals surface area contributed by atoms with Crippen molar-refractivity contribution in [1.29, 1.82) is 5.26 Å². The van der Waals surface area contributed by atoms with Gasteiger partial charge in [0.05, 0.1) is 24.8 Å². The van der Waals surface area contributed by atoms with Crippen molar-refractivity contribution in [1.82, 2.24) is 10.2 Å². The molecule has 0 radical (unpaired) electrons. The average Bonchev–Trinajstić information content (AvgIpc) is 2.47. The fraction of sp³-hybridized carbons (Fsp3) is 0.533. The molecule has 1 aromatic rings. The van der Waals surface area contributed by atoms with Crippen LogP contribution in [0.1, 0.15) is 18.1 Å². The summed E-state index contributed by atoms with van der Waals surface area (Å²) in [4.78, 5) is 2.40. The Labute approximate surface area is 125 Å². The summed E-state index contributed by atoms with van der Waals surface area (Å²) in [7, 11) is 0. The number of morpholine rings is 1. The number of benzene rings is 1. The van der Waals surface area contributed by atoms with Crippen molar-refractivity contribution in [3.8, 4) is 6.07 Å². The van der Waals surface area contributed by atoms with Crippen molar-refractivity contribution in [2.75, 3.05) is 32.8 Å². The number of hydrogen-bond donors (Lipinski definition) is 1. The molecular weight excluding hydrogens is 274 g/mol. The summed E-state index contributed by atoms with van der Waals surface area (Å²) in [5.41, 5.74) is 1.62. The quantitative estimate of drug-likeness (QED) is 0.902. The van der Waals surface area contributed by atoms with Crippen LogP contribution in [0.4, 0.5) is 0 Å². The molecule has 0 saturated carbocycles. The average molecular weight is 294 g/mol. The zero-order chi connectivity index (χ0) is 14.4. The SMILES string of the molecule is CC(CN1CCOCC1)NCc1ccc(C#N)cc1Cl. The van der Waals surface area contributed by atoms with E-state index in [0.29, 0.717) is 16.6 Å². The van der Waals surface area contributed by atoms with Crippen molar-refractivity contribution in [3.63, 3.8) is 0 Å². The van der Waals surface area contributed by atoms with Gasteiger partial charge >= 0.3 is 0 Å². The van der Waals surface area contributed by atoms with Gasteiger partial charge in [0.15, 0.2) is 0 Å². The maximum Gasteiger partial charge on any atom is 0.0992 e. The third-order valence-electron chi connectivity index (χ3n) is 3.46. The van der Waals surface area contributed by atoms with Gasteiger partial charge in [0.1, 0.15) is 0 Å². The Bertz CT molecular complexity index is 480. The van der Waals surface area contributed by atoms with E-state index in [-0.39, 0.29) is 0 Å². The summed E-state index contributed by atoms with van der Waals surface area (Å²) in [6, 6.07) is 7.91. The highest BCUT2D eigenvalue weighted by Gasteiger charge is 2.13. The maximum absolute atomic E-state index is 8.81. The van der Waals surface area contributed by atoms with Gasteiger partial charge in [-0.25, -0.2) is 0 Å². The van der Waals surface area contributed by atoms with E-state index in [2.05, 4.69) is 23.2 Å². The predicted molar refractivity (Wildman–Crippen MR) is 79.7 cm³/mol. The van der Waals surface area contributed by atoms with Crippen LogP contribution in [-0.4, -0.2) is 43.8 Å². The van der Waals surface area contributed by atoms with Gasteiger partial charge in [0.2, 0.25) is 0 Å². The number of nitrogens with one attached hydrogen (secondary N) is 1. The minimum atomic E-state index is 0.389. The molecule has 1 aliphatic rings. The Morgan fingerprint density at radius 1 is 1.45 bits per heavy atom. The molecule has 1 heterocycles. The number of nitriles is 1. The van der Waals surface area contributed by atoms with Crippen LogP contribution in [0.5, 0.6) is 0 Å². The zero-order valence-corrected chi connectivity index (χ0v) is 12.5. The van der Waals surface area contributed by atoms with Crippen molar-refractivity contribution >= 4 is 11.6 Å². The first-order chi connectivity index (χ1) is 9.69. The summed E-state index contributed by atoms with van der Waals surface area (Å²) in [5, 5.41) is 12.9. The van der Waals surface area contributed by atoms with Crippen LogP contribution in [0.15, 0.2) is 18.2 Å². The lowest BCUT2D eigenvalue weighted by Gasteiger charge is -2.29. The summed E-state index contributed by atoms with van der Waals surface area (Å²) in [5.74, 6) is 0. The fourth-order valence-corrected chi connectivity index (χ4v) is 2.53. The van der Waals surface area contributed by atoms with Crippen LogP contribution < -0.4 is 5.32 Å². The lowest BCUT2D eigenvalue weighted by molar-refractivity contribution is 0.0343. The van der Waals surface area contributed by atoms with Gasteiger partial charge in [0.25, 0.3) is 0 Å². The van der Waals surface area contributed by atoms with Gasteiger partial charge in [-0.05, 0) is 24.6 Å². The fourth-order valence-electron chi connectivity index (χ4n) is 2.28. The molecule has 0 amide bonds. The molecule has 1 fully saturated rings. The molecule has 2 rings (SSSR count). The lowest BCUT2D eigenvalue weighted by Crippen LogP contribution is -2.44. The number of rotatable bonds is 5. The topological polar surface area (TPSA) is 48.3 Å². The second-order valence-electron chi connectivity index (χ2n) is 5.11. The van der Waals surface area contributed by atoms with Crippen LogP contribution in [0, 0.1) is 11.3 Å². The van der Waals surface area contributed by atoms with Gasteiger partial charge in [-0.1, -0.05) is 17.7 Å². The molecule has 0 spiro atoms. The first-order valence-electron chi connectivity index (χ1n) is 6.91. The molecule has 1 N–H and O–H groups in total. The minimum Gasteiger partial charge on any atom is -0.379 e. The van der Waals surface area contributed by atoms with E-state index < -0.39 is 0 Å². The highest BCUT2D eigenvalue weighted by molar-refractivity contribution is 6.31.